The van der Waals surface area contributed by atoms with Crippen molar-refractivity contribution in [2.75, 3.05) is 20.8 Å². The van der Waals surface area contributed by atoms with E-state index >= 15 is 0 Å². The van der Waals surface area contributed by atoms with E-state index in [-0.39, 0.29) is 26.6 Å². The number of methoxy groups -OCH3 is 2. The number of carbonyl (C=O) groups is 2. The fourth-order valence-electron chi connectivity index (χ4n) is 0.916. The molecule has 1 heterocycles. The Morgan fingerprint density at radius 1 is 1.24 bits per heavy atom. The van der Waals surface area contributed by atoms with Crippen molar-refractivity contribution in [1.29, 1.82) is 0 Å². The molecule has 0 N–H and O–H groups in total. The molecule has 0 saturated heterocycles. The number of hydrogen-bond acceptors (Lipinski definition) is 6. The highest BCUT2D eigenvalue weighted by Gasteiger charge is 2.24. The molecule has 17 heavy (non-hydrogen) atoms. The first-order valence-corrected chi connectivity index (χ1v) is 5.84. The van der Waals surface area contributed by atoms with E-state index < -0.39 is 11.9 Å². The van der Waals surface area contributed by atoms with Crippen molar-refractivity contribution >= 4 is 46.5 Å². The molecule has 0 radical (unpaired) electrons. The standard InChI is InChI=1S/C9H8Cl2O5S/c1-14-4(12)3-16-6-5(10)8(11)17-7(6)9(13)15-2/h3H2,1-2H3. The first-order chi connectivity index (χ1) is 8.01. The van der Waals surface area contributed by atoms with Crippen molar-refractivity contribution in [2.45, 2.75) is 0 Å². The van der Waals surface area contributed by atoms with Gasteiger partial charge in [-0.1, -0.05) is 23.2 Å². The van der Waals surface area contributed by atoms with Gasteiger partial charge in [0.1, 0.15) is 9.36 Å². The number of halogens is 2. The van der Waals surface area contributed by atoms with Gasteiger partial charge in [-0.25, -0.2) is 9.59 Å². The van der Waals surface area contributed by atoms with Crippen LogP contribution in [0.2, 0.25) is 9.36 Å². The molecule has 0 spiro atoms. The van der Waals surface area contributed by atoms with Crippen molar-refractivity contribution in [2.24, 2.45) is 0 Å². The lowest BCUT2D eigenvalue weighted by Crippen LogP contribution is -2.13. The molecule has 0 aliphatic rings. The molecule has 0 aliphatic carbocycles. The van der Waals surface area contributed by atoms with Gasteiger partial charge in [-0.2, -0.15) is 0 Å². The van der Waals surface area contributed by atoms with Crippen LogP contribution >= 0.6 is 34.5 Å². The quantitative estimate of drug-likeness (QED) is 0.799. The zero-order valence-corrected chi connectivity index (χ0v) is 11.2. The van der Waals surface area contributed by atoms with E-state index in [4.69, 9.17) is 27.9 Å². The van der Waals surface area contributed by atoms with Gasteiger partial charge in [0, 0.05) is 0 Å². The van der Waals surface area contributed by atoms with E-state index in [1.54, 1.807) is 0 Å². The van der Waals surface area contributed by atoms with Crippen LogP contribution in [0.3, 0.4) is 0 Å². The summed E-state index contributed by atoms with van der Waals surface area (Å²) in [6, 6.07) is 0. The minimum Gasteiger partial charge on any atom is -0.478 e. The fourth-order valence-corrected chi connectivity index (χ4v) is 2.34. The molecule has 0 fully saturated rings. The molecule has 0 aliphatic heterocycles. The molecule has 0 amide bonds. The summed E-state index contributed by atoms with van der Waals surface area (Å²) in [4.78, 5) is 22.4. The minimum atomic E-state index is -0.635. The number of thiophene rings is 1. The maximum absolute atomic E-state index is 11.4. The van der Waals surface area contributed by atoms with Gasteiger partial charge >= 0.3 is 11.9 Å². The molecular weight excluding hydrogens is 291 g/mol. The molecular formula is C9H8Cl2O5S. The Morgan fingerprint density at radius 3 is 2.41 bits per heavy atom. The molecule has 0 unspecified atom stereocenters. The number of hydrogen-bond donors (Lipinski definition) is 0. The van der Waals surface area contributed by atoms with Gasteiger partial charge in [0.05, 0.1) is 14.2 Å². The Hall–Kier alpha value is -0.980. The summed E-state index contributed by atoms with van der Waals surface area (Å²) >= 11 is 12.5. The average molecular weight is 299 g/mol. The second-order valence-corrected chi connectivity index (χ2v) is 4.71. The predicted molar refractivity (Wildman–Crippen MR) is 63.2 cm³/mol. The Kier molecular flexibility index (Phi) is 5.04. The number of ether oxygens (including phenoxy) is 3. The first kappa shape index (κ1) is 14.1. The van der Waals surface area contributed by atoms with Gasteiger partial charge in [0.15, 0.2) is 17.2 Å². The lowest BCUT2D eigenvalue weighted by molar-refractivity contribution is -0.142. The Labute approximate surface area is 111 Å². The highest BCUT2D eigenvalue weighted by molar-refractivity contribution is 7.19. The maximum Gasteiger partial charge on any atom is 0.352 e. The highest BCUT2D eigenvalue weighted by Crippen LogP contribution is 2.43. The van der Waals surface area contributed by atoms with Crippen molar-refractivity contribution in [1.82, 2.24) is 0 Å². The molecule has 0 aromatic carbocycles. The lowest BCUT2D eigenvalue weighted by Gasteiger charge is -2.05. The molecule has 94 valence electrons. The van der Waals surface area contributed by atoms with E-state index in [0.717, 1.165) is 11.3 Å². The zero-order chi connectivity index (χ0) is 13.0. The zero-order valence-electron chi connectivity index (χ0n) is 8.91. The van der Waals surface area contributed by atoms with Gasteiger partial charge in [-0.05, 0) is 0 Å². The summed E-state index contributed by atoms with van der Waals surface area (Å²) in [6.45, 7) is -0.368. The Bertz CT molecular complexity index is 443. The lowest BCUT2D eigenvalue weighted by atomic mass is 10.4. The fraction of sp³-hybridized carbons (Fsp3) is 0.333. The molecule has 0 bridgehead atoms. The molecule has 5 nitrogen and oxygen atoms in total. The Balaban J connectivity index is 2.96. The topological polar surface area (TPSA) is 61.8 Å². The minimum absolute atomic E-state index is 0.0268. The van der Waals surface area contributed by atoms with Crippen molar-refractivity contribution in [3.8, 4) is 5.75 Å². The van der Waals surface area contributed by atoms with Crippen LogP contribution in [0.5, 0.6) is 5.75 Å². The number of rotatable bonds is 4. The summed E-state index contributed by atoms with van der Waals surface area (Å²) in [5.41, 5.74) is 0. The maximum atomic E-state index is 11.4. The number of esters is 2. The van der Waals surface area contributed by atoms with E-state index in [2.05, 4.69) is 9.47 Å². The van der Waals surface area contributed by atoms with Gasteiger partial charge in [-0.15, -0.1) is 11.3 Å². The summed E-state index contributed by atoms with van der Waals surface area (Å²) in [7, 11) is 2.43. The average Bonchev–Trinajstić information content (AvgIpc) is 2.62. The second kappa shape index (κ2) is 6.09. The van der Waals surface area contributed by atoms with Crippen LogP contribution < -0.4 is 4.74 Å². The first-order valence-electron chi connectivity index (χ1n) is 4.27. The van der Waals surface area contributed by atoms with Crippen LogP contribution in [-0.4, -0.2) is 32.8 Å². The van der Waals surface area contributed by atoms with Crippen LogP contribution in [-0.2, 0) is 14.3 Å². The molecule has 8 heteroatoms. The van der Waals surface area contributed by atoms with E-state index in [1.807, 2.05) is 0 Å². The van der Waals surface area contributed by atoms with Crippen LogP contribution in [0.15, 0.2) is 0 Å². The van der Waals surface area contributed by atoms with Crippen molar-refractivity contribution in [3.05, 3.63) is 14.2 Å². The van der Waals surface area contributed by atoms with Crippen molar-refractivity contribution in [3.63, 3.8) is 0 Å². The SMILES string of the molecule is COC(=O)COc1c(C(=O)OC)sc(Cl)c1Cl. The van der Waals surface area contributed by atoms with Gasteiger partial charge in [0.25, 0.3) is 0 Å². The normalized spacial score (nSPS) is 9.88. The van der Waals surface area contributed by atoms with Crippen LogP contribution in [0.25, 0.3) is 0 Å². The van der Waals surface area contributed by atoms with Crippen molar-refractivity contribution < 1.29 is 23.8 Å². The van der Waals surface area contributed by atoms with Crippen LogP contribution in [0.4, 0.5) is 0 Å². The predicted octanol–water partition coefficient (Wildman–Crippen LogP) is 2.39. The third-order valence-corrected chi connectivity index (χ3v) is 3.63. The molecule has 0 saturated carbocycles. The van der Waals surface area contributed by atoms with Crippen LogP contribution in [0, 0.1) is 0 Å². The second-order valence-electron chi connectivity index (χ2n) is 2.70. The van der Waals surface area contributed by atoms with E-state index in [0.29, 0.717) is 0 Å². The molecule has 1 aromatic heterocycles. The molecule has 1 aromatic rings. The molecule has 0 atom stereocenters. The van der Waals surface area contributed by atoms with Crippen LogP contribution in [0.1, 0.15) is 9.67 Å². The summed E-state index contributed by atoms with van der Waals surface area (Å²) < 4.78 is 14.2. The van der Waals surface area contributed by atoms with Gasteiger partial charge in [-0.3, -0.25) is 0 Å². The third kappa shape index (κ3) is 3.24. The van der Waals surface area contributed by atoms with E-state index in [9.17, 15) is 9.59 Å². The summed E-state index contributed by atoms with van der Waals surface area (Å²) in [5.74, 6) is -1.21. The Morgan fingerprint density at radius 2 is 1.88 bits per heavy atom. The number of carbonyl (C=O) groups excluding carboxylic acids is 2. The largest absolute Gasteiger partial charge is 0.478 e. The molecule has 1 rings (SSSR count). The van der Waals surface area contributed by atoms with Gasteiger partial charge in [0.2, 0.25) is 0 Å². The summed E-state index contributed by atoms with van der Waals surface area (Å²) in [6.07, 6.45) is 0. The van der Waals surface area contributed by atoms with E-state index in [1.165, 1.54) is 14.2 Å². The van der Waals surface area contributed by atoms with Gasteiger partial charge < -0.3 is 14.2 Å². The third-order valence-electron chi connectivity index (χ3n) is 1.70. The summed E-state index contributed by atoms with van der Waals surface area (Å²) in [5, 5.41) is 0.0703. The smallest absolute Gasteiger partial charge is 0.352 e. The highest BCUT2D eigenvalue weighted by atomic mass is 35.5. The monoisotopic (exact) mass is 298 g/mol.